The largest absolute Gasteiger partial charge is 0.416 e. The lowest BCUT2D eigenvalue weighted by molar-refractivity contribution is -0.137. The van der Waals surface area contributed by atoms with E-state index < -0.39 is 11.7 Å². The molecule has 0 fully saturated rings. The molecule has 1 N–H and O–H groups in total. The summed E-state index contributed by atoms with van der Waals surface area (Å²) < 4.78 is 38.4. The van der Waals surface area contributed by atoms with Gasteiger partial charge in [-0.25, -0.2) is 0 Å². The Balaban J connectivity index is 1.56. The number of carbonyl (C=O) groups is 1. The van der Waals surface area contributed by atoms with Gasteiger partial charge >= 0.3 is 6.18 Å². The van der Waals surface area contributed by atoms with Gasteiger partial charge in [-0.05, 0) is 42.0 Å². The van der Waals surface area contributed by atoms with Crippen LogP contribution in [0.2, 0.25) is 0 Å². The number of halogens is 3. The first kappa shape index (κ1) is 18.4. The van der Waals surface area contributed by atoms with Gasteiger partial charge in [-0.3, -0.25) is 4.79 Å². The van der Waals surface area contributed by atoms with Gasteiger partial charge in [-0.2, -0.15) is 13.2 Å². The second kappa shape index (κ2) is 7.88. The first-order chi connectivity index (χ1) is 12.4. The standard InChI is InChI=1S/C17H12F3N3OS2/c18-17(19,20)12-3-1-11(2-4-12)9-15(24)22-13-5-7-14(8-6-13)26-16-23-21-10-25-16/h1-8,10H,9H2,(H,22,24). The van der Waals surface area contributed by atoms with Gasteiger partial charge in [0.1, 0.15) is 5.51 Å². The molecule has 26 heavy (non-hydrogen) atoms. The minimum Gasteiger partial charge on any atom is -0.326 e. The number of hydrogen-bond acceptors (Lipinski definition) is 5. The third-order valence-corrected chi connectivity index (χ3v) is 5.12. The Morgan fingerprint density at radius 3 is 2.35 bits per heavy atom. The van der Waals surface area contributed by atoms with Gasteiger partial charge in [0.2, 0.25) is 5.91 Å². The maximum Gasteiger partial charge on any atom is 0.416 e. The van der Waals surface area contributed by atoms with Crippen molar-refractivity contribution in [3.63, 3.8) is 0 Å². The summed E-state index contributed by atoms with van der Waals surface area (Å²) >= 11 is 2.90. The monoisotopic (exact) mass is 395 g/mol. The van der Waals surface area contributed by atoms with E-state index in [0.29, 0.717) is 11.3 Å². The Hall–Kier alpha value is -2.39. The van der Waals surface area contributed by atoms with Crippen LogP contribution in [0.25, 0.3) is 0 Å². The lowest BCUT2D eigenvalue weighted by Gasteiger charge is -2.08. The summed E-state index contributed by atoms with van der Waals surface area (Å²) in [5.41, 5.74) is 2.05. The van der Waals surface area contributed by atoms with E-state index in [4.69, 9.17) is 0 Å². The molecule has 9 heteroatoms. The Morgan fingerprint density at radius 1 is 1.08 bits per heavy atom. The minimum atomic E-state index is -4.38. The molecule has 0 saturated carbocycles. The van der Waals surface area contributed by atoms with Crippen LogP contribution in [0.5, 0.6) is 0 Å². The van der Waals surface area contributed by atoms with Crippen molar-refractivity contribution in [3.8, 4) is 0 Å². The molecule has 0 saturated heterocycles. The maximum atomic E-state index is 12.5. The second-order valence-corrected chi connectivity index (χ2v) is 7.40. The van der Waals surface area contributed by atoms with Crippen LogP contribution in [0, 0.1) is 0 Å². The van der Waals surface area contributed by atoms with E-state index in [1.165, 1.54) is 35.2 Å². The molecule has 0 unspecified atom stereocenters. The van der Waals surface area contributed by atoms with Gasteiger partial charge in [-0.15, -0.1) is 10.2 Å². The van der Waals surface area contributed by atoms with Crippen LogP contribution >= 0.6 is 23.1 Å². The zero-order chi connectivity index (χ0) is 18.6. The van der Waals surface area contributed by atoms with Gasteiger partial charge in [-0.1, -0.05) is 35.2 Å². The Kier molecular flexibility index (Phi) is 5.58. The predicted molar refractivity (Wildman–Crippen MR) is 94.3 cm³/mol. The van der Waals surface area contributed by atoms with Gasteiger partial charge in [0.05, 0.1) is 12.0 Å². The Bertz CT molecular complexity index is 864. The summed E-state index contributed by atoms with van der Waals surface area (Å²) in [5.74, 6) is -0.297. The average molecular weight is 395 g/mol. The fraction of sp³-hybridized carbons (Fsp3) is 0.118. The van der Waals surface area contributed by atoms with Crippen molar-refractivity contribution in [2.24, 2.45) is 0 Å². The van der Waals surface area contributed by atoms with Crippen LogP contribution in [-0.2, 0) is 17.4 Å². The van der Waals surface area contributed by atoms with E-state index in [-0.39, 0.29) is 12.3 Å². The molecule has 0 bridgehead atoms. The van der Waals surface area contributed by atoms with Crippen LogP contribution in [-0.4, -0.2) is 16.1 Å². The minimum absolute atomic E-state index is 0.000572. The van der Waals surface area contributed by atoms with Crippen molar-refractivity contribution in [1.29, 1.82) is 0 Å². The summed E-state index contributed by atoms with van der Waals surface area (Å²) in [4.78, 5) is 13.0. The predicted octanol–water partition coefficient (Wildman–Crippen LogP) is 4.89. The van der Waals surface area contributed by atoms with E-state index in [9.17, 15) is 18.0 Å². The molecule has 3 aromatic rings. The van der Waals surface area contributed by atoms with Crippen molar-refractivity contribution >= 4 is 34.7 Å². The first-order valence-corrected chi connectivity index (χ1v) is 9.10. The zero-order valence-corrected chi connectivity index (χ0v) is 14.8. The molecule has 0 atom stereocenters. The number of carbonyl (C=O) groups excluding carboxylic acids is 1. The SMILES string of the molecule is O=C(Cc1ccc(C(F)(F)F)cc1)Nc1ccc(Sc2nncs2)cc1. The van der Waals surface area contributed by atoms with Crippen molar-refractivity contribution in [1.82, 2.24) is 10.2 Å². The van der Waals surface area contributed by atoms with Gasteiger partial charge in [0.25, 0.3) is 0 Å². The molecular weight excluding hydrogens is 383 g/mol. The van der Waals surface area contributed by atoms with Crippen LogP contribution < -0.4 is 5.32 Å². The second-order valence-electron chi connectivity index (χ2n) is 5.25. The van der Waals surface area contributed by atoms with Crippen LogP contribution in [0.3, 0.4) is 0 Å². The number of anilines is 1. The summed E-state index contributed by atoms with van der Waals surface area (Å²) in [6.07, 6.45) is -4.38. The van der Waals surface area contributed by atoms with Gasteiger partial charge < -0.3 is 5.32 Å². The number of benzene rings is 2. The highest BCUT2D eigenvalue weighted by Gasteiger charge is 2.29. The van der Waals surface area contributed by atoms with Gasteiger partial charge in [0.15, 0.2) is 4.34 Å². The van der Waals surface area contributed by atoms with E-state index in [1.54, 1.807) is 17.6 Å². The number of nitrogens with one attached hydrogen (secondary N) is 1. The molecule has 1 amide bonds. The van der Waals surface area contributed by atoms with Crippen LogP contribution in [0.15, 0.2) is 63.3 Å². The van der Waals surface area contributed by atoms with E-state index in [0.717, 1.165) is 21.4 Å². The number of amides is 1. The molecule has 1 aromatic heterocycles. The first-order valence-electron chi connectivity index (χ1n) is 7.40. The number of hydrogen-bond donors (Lipinski definition) is 1. The molecule has 0 aliphatic heterocycles. The van der Waals surface area contributed by atoms with E-state index >= 15 is 0 Å². The van der Waals surface area contributed by atoms with Crippen molar-refractivity contribution < 1.29 is 18.0 Å². The van der Waals surface area contributed by atoms with Crippen LogP contribution in [0.1, 0.15) is 11.1 Å². The fourth-order valence-electron chi connectivity index (χ4n) is 2.12. The average Bonchev–Trinajstić information content (AvgIpc) is 3.09. The Morgan fingerprint density at radius 2 is 1.77 bits per heavy atom. The molecule has 1 heterocycles. The smallest absolute Gasteiger partial charge is 0.326 e. The number of aromatic nitrogens is 2. The molecular formula is C17H12F3N3OS2. The molecule has 2 aromatic carbocycles. The molecule has 0 aliphatic carbocycles. The van der Waals surface area contributed by atoms with Crippen molar-refractivity contribution in [3.05, 3.63) is 65.2 Å². The van der Waals surface area contributed by atoms with E-state index in [1.807, 2.05) is 12.1 Å². The lowest BCUT2D eigenvalue weighted by Crippen LogP contribution is -2.14. The molecule has 4 nitrogen and oxygen atoms in total. The number of rotatable bonds is 5. The third kappa shape index (κ3) is 5.06. The molecule has 0 radical (unpaired) electrons. The molecule has 0 aliphatic rings. The topological polar surface area (TPSA) is 54.9 Å². The highest BCUT2D eigenvalue weighted by atomic mass is 32.2. The highest BCUT2D eigenvalue weighted by Crippen LogP contribution is 2.30. The molecule has 134 valence electrons. The zero-order valence-electron chi connectivity index (χ0n) is 13.2. The van der Waals surface area contributed by atoms with E-state index in [2.05, 4.69) is 15.5 Å². The van der Waals surface area contributed by atoms with Crippen molar-refractivity contribution in [2.45, 2.75) is 21.8 Å². The quantitative estimate of drug-likeness (QED) is 0.668. The number of alkyl halides is 3. The lowest BCUT2D eigenvalue weighted by atomic mass is 10.1. The fourth-order valence-corrected chi connectivity index (χ4v) is 3.57. The van der Waals surface area contributed by atoms with Crippen LogP contribution in [0.4, 0.5) is 18.9 Å². The van der Waals surface area contributed by atoms with Gasteiger partial charge in [0, 0.05) is 10.6 Å². The van der Waals surface area contributed by atoms with Crippen molar-refractivity contribution in [2.75, 3.05) is 5.32 Å². The summed E-state index contributed by atoms with van der Waals surface area (Å²) in [6, 6.07) is 11.8. The normalized spacial score (nSPS) is 11.3. The number of nitrogens with zero attached hydrogens (tertiary/aromatic N) is 2. The summed E-state index contributed by atoms with van der Waals surface area (Å²) in [5, 5.41) is 10.4. The highest BCUT2D eigenvalue weighted by molar-refractivity contribution is 8.01. The summed E-state index contributed by atoms with van der Waals surface area (Å²) in [7, 11) is 0. The molecule has 0 spiro atoms. The maximum absolute atomic E-state index is 12.5. The third-order valence-electron chi connectivity index (χ3n) is 3.33. The Labute approximate surface area is 155 Å². The molecule has 3 rings (SSSR count). The summed E-state index contributed by atoms with van der Waals surface area (Å²) in [6.45, 7) is 0.